The van der Waals surface area contributed by atoms with E-state index in [9.17, 15) is 0 Å². The molecule has 5 heterocycles. The number of aliphatic hydroxyl groups excluding tert-OH is 1. The lowest BCUT2D eigenvalue weighted by molar-refractivity contribution is 0.112. The van der Waals surface area contributed by atoms with Crippen LogP contribution in [-0.2, 0) is 17.6 Å². The molecule has 0 aliphatic carbocycles. The van der Waals surface area contributed by atoms with Gasteiger partial charge in [-0.25, -0.2) is 15.0 Å². The number of piperazine rings is 1. The molecule has 11 nitrogen and oxygen atoms in total. The van der Waals surface area contributed by atoms with Crippen LogP contribution in [0.2, 0.25) is 0 Å². The molecule has 1 aromatic carbocycles. The first-order valence-corrected chi connectivity index (χ1v) is 14.4. The zero-order chi connectivity index (χ0) is 27.3. The van der Waals surface area contributed by atoms with E-state index in [4.69, 9.17) is 25.5 Å². The fraction of sp³-hybridized carbons (Fsp3) is 0.517. The average molecular weight is 546 g/mol. The van der Waals surface area contributed by atoms with Gasteiger partial charge in [0.1, 0.15) is 5.82 Å². The Morgan fingerprint density at radius 1 is 0.850 bits per heavy atom. The summed E-state index contributed by atoms with van der Waals surface area (Å²) in [4.78, 5) is 27.9. The number of rotatable bonds is 9. The third-order valence-electron chi connectivity index (χ3n) is 8.12. The number of anilines is 4. The number of ether oxygens (including phenoxy) is 1. The zero-order valence-corrected chi connectivity index (χ0v) is 23.1. The largest absolute Gasteiger partial charge is 0.395 e. The zero-order valence-electron chi connectivity index (χ0n) is 23.1. The number of morpholine rings is 1. The quantitative estimate of drug-likeness (QED) is 0.408. The predicted octanol–water partition coefficient (Wildman–Crippen LogP) is 1.59. The van der Waals surface area contributed by atoms with Crippen molar-refractivity contribution >= 4 is 23.4 Å². The Kier molecular flexibility index (Phi) is 8.33. The molecule has 3 aliphatic heterocycles. The van der Waals surface area contributed by atoms with Gasteiger partial charge >= 0.3 is 0 Å². The van der Waals surface area contributed by atoms with Crippen molar-refractivity contribution in [3.05, 3.63) is 47.8 Å². The highest BCUT2D eigenvalue weighted by atomic mass is 16.5. The van der Waals surface area contributed by atoms with E-state index in [0.717, 1.165) is 112 Å². The highest BCUT2D eigenvalue weighted by molar-refractivity contribution is 5.76. The van der Waals surface area contributed by atoms with E-state index >= 15 is 0 Å². The fourth-order valence-corrected chi connectivity index (χ4v) is 5.83. The molecule has 0 spiro atoms. The second-order valence-electron chi connectivity index (χ2n) is 10.7. The third-order valence-corrected chi connectivity index (χ3v) is 8.12. The molecule has 0 bridgehead atoms. The highest BCUT2D eigenvalue weighted by Crippen LogP contribution is 2.39. The first-order valence-electron chi connectivity index (χ1n) is 14.4. The van der Waals surface area contributed by atoms with Crippen LogP contribution in [0, 0.1) is 0 Å². The van der Waals surface area contributed by atoms with Crippen LogP contribution in [0.4, 0.5) is 23.4 Å². The van der Waals surface area contributed by atoms with E-state index < -0.39 is 0 Å². The summed E-state index contributed by atoms with van der Waals surface area (Å²) >= 11 is 0. The molecule has 6 rings (SSSR count). The Labute approximate surface area is 235 Å². The van der Waals surface area contributed by atoms with Gasteiger partial charge in [0.25, 0.3) is 0 Å². The number of aromatic nitrogens is 4. The second kappa shape index (κ2) is 12.4. The van der Waals surface area contributed by atoms with Crippen LogP contribution in [-0.4, -0.2) is 114 Å². The number of β-amino-alcohol motifs (C(OH)–C–C–N with tert-alkyl or cyclic N) is 1. The number of hydrogen-bond acceptors (Lipinski definition) is 11. The number of hydrogen-bond donors (Lipinski definition) is 2. The summed E-state index contributed by atoms with van der Waals surface area (Å²) in [5, 5.41) is 9.14. The average Bonchev–Trinajstić information content (AvgIpc) is 3.43. The van der Waals surface area contributed by atoms with E-state index in [1.54, 1.807) is 12.4 Å². The first kappa shape index (κ1) is 26.8. The van der Waals surface area contributed by atoms with Crippen LogP contribution in [0.3, 0.4) is 0 Å². The summed E-state index contributed by atoms with van der Waals surface area (Å²) in [5.74, 6) is 1.93. The molecular weight excluding hydrogens is 506 g/mol. The van der Waals surface area contributed by atoms with Gasteiger partial charge in [-0.15, -0.1) is 0 Å². The Morgan fingerprint density at radius 3 is 2.25 bits per heavy atom. The van der Waals surface area contributed by atoms with Crippen molar-refractivity contribution in [3.8, 4) is 11.3 Å². The molecule has 2 aromatic heterocycles. The lowest BCUT2D eigenvalue weighted by Crippen LogP contribution is -2.47. The molecule has 0 saturated carbocycles. The lowest BCUT2D eigenvalue weighted by Gasteiger charge is -2.34. The van der Waals surface area contributed by atoms with Crippen LogP contribution < -0.4 is 15.5 Å². The van der Waals surface area contributed by atoms with Crippen LogP contribution in [0.5, 0.6) is 0 Å². The maximum atomic E-state index is 9.14. The van der Waals surface area contributed by atoms with Gasteiger partial charge in [0.05, 0.1) is 25.5 Å². The minimum Gasteiger partial charge on any atom is -0.395 e. The van der Waals surface area contributed by atoms with Crippen molar-refractivity contribution in [1.29, 1.82) is 0 Å². The number of nitrogens with zero attached hydrogens (tertiary/aromatic N) is 8. The SMILES string of the molecule is Nc1ncc(-c2nc(N3CCOCC3)nc3c2CCN3c2ccc(CCCN3CCN(CCO)CC3)cc2)cn1. The summed E-state index contributed by atoms with van der Waals surface area (Å²) < 4.78 is 5.56. The van der Waals surface area contributed by atoms with E-state index in [2.05, 4.69) is 53.8 Å². The molecule has 3 N–H and O–H groups in total. The summed E-state index contributed by atoms with van der Waals surface area (Å²) in [6.07, 6.45) is 6.57. The lowest BCUT2D eigenvalue weighted by atomic mass is 10.1. The van der Waals surface area contributed by atoms with Gasteiger partial charge in [0.15, 0.2) is 0 Å². The summed E-state index contributed by atoms with van der Waals surface area (Å²) in [6, 6.07) is 8.96. The van der Waals surface area contributed by atoms with Gasteiger partial charge in [-0.05, 0) is 43.5 Å². The molecule has 212 valence electrons. The molecular formula is C29H39N9O2. The molecule has 11 heteroatoms. The van der Waals surface area contributed by atoms with E-state index in [1.165, 1.54) is 5.56 Å². The summed E-state index contributed by atoms with van der Waals surface area (Å²) in [7, 11) is 0. The molecule has 3 aromatic rings. The maximum absolute atomic E-state index is 9.14. The summed E-state index contributed by atoms with van der Waals surface area (Å²) in [5.41, 5.74) is 11.1. The number of nitrogens with two attached hydrogens (primary N) is 1. The van der Waals surface area contributed by atoms with Crippen LogP contribution in [0.25, 0.3) is 11.3 Å². The molecule has 0 unspecified atom stereocenters. The van der Waals surface area contributed by atoms with Gasteiger partial charge in [-0.1, -0.05) is 12.1 Å². The van der Waals surface area contributed by atoms with E-state index in [-0.39, 0.29) is 12.6 Å². The van der Waals surface area contributed by atoms with Crippen molar-refractivity contribution < 1.29 is 9.84 Å². The fourth-order valence-electron chi connectivity index (χ4n) is 5.83. The number of nitrogen functional groups attached to an aromatic ring is 1. The molecule has 2 fully saturated rings. The van der Waals surface area contributed by atoms with Gasteiger partial charge in [-0.2, -0.15) is 4.98 Å². The van der Waals surface area contributed by atoms with Crippen molar-refractivity contribution in [2.24, 2.45) is 0 Å². The standard InChI is InChI=1S/C29H39N9O2/c30-28-31-20-23(21-32-28)26-25-7-9-38(27(25)34-29(33-26)37-15-18-40-19-16-37)24-5-3-22(4-6-24)2-1-8-35-10-12-36(13-11-35)14-17-39/h3-6,20-21,39H,1-2,7-19H2,(H2,30,31,32). The number of benzene rings is 1. The van der Waals surface area contributed by atoms with Gasteiger partial charge in [0.2, 0.25) is 11.9 Å². The van der Waals surface area contributed by atoms with Gasteiger partial charge in [-0.3, -0.25) is 4.90 Å². The maximum Gasteiger partial charge on any atom is 0.228 e. The smallest absolute Gasteiger partial charge is 0.228 e. The first-order chi connectivity index (χ1) is 19.7. The van der Waals surface area contributed by atoms with Gasteiger partial charge < -0.3 is 30.3 Å². The van der Waals surface area contributed by atoms with E-state index in [1.807, 2.05) is 0 Å². The Bertz CT molecular complexity index is 1260. The van der Waals surface area contributed by atoms with Gasteiger partial charge in [0, 0.05) is 81.6 Å². The number of fused-ring (bicyclic) bond motifs is 1. The number of aryl methyl sites for hydroxylation is 1. The Balaban J connectivity index is 1.16. The van der Waals surface area contributed by atoms with Crippen LogP contribution in [0.15, 0.2) is 36.7 Å². The topological polar surface area (TPSA) is 120 Å². The molecule has 2 saturated heterocycles. The Hall–Kier alpha value is -3.38. The molecule has 0 radical (unpaired) electrons. The third kappa shape index (κ3) is 6.02. The van der Waals surface area contributed by atoms with Crippen LogP contribution >= 0.6 is 0 Å². The molecule has 3 aliphatic rings. The second-order valence-corrected chi connectivity index (χ2v) is 10.7. The predicted molar refractivity (Wildman–Crippen MR) is 156 cm³/mol. The van der Waals surface area contributed by atoms with Crippen LogP contribution in [0.1, 0.15) is 17.5 Å². The minimum atomic E-state index is 0.250. The Morgan fingerprint density at radius 2 is 1.55 bits per heavy atom. The van der Waals surface area contributed by atoms with Crippen molar-refractivity contribution in [2.45, 2.75) is 19.3 Å². The van der Waals surface area contributed by atoms with Crippen molar-refractivity contribution in [2.75, 3.05) is 94.3 Å². The highest BCUT2D eigenvalue weighted by Gasteiger charge is 2.29. The molecule has 0 atom stereocenters. The van der Waals surface area contributed by atoms with E-state index in [0.29, 0.717) is 13.2 Å². The normalized spacial score (nSPS) is 18.3. The molecule has 40 heavy (non-hydrogen) atoms. The molecule has 0 amide bonds. The summed E-state index contributed by atoms with van der Waals surface area (Å²) in [6.45, 7) is 10.2. The number of aliphatic hydroxyl groups is 1. The van der Waals surface area contributed by atoms with Crippen molar-refractivity contribution in [1.82, 2.24) is 29.7 Å². The van der Waals surface area contributed by atoms with Crippen molar-refractivity contribution in [3.63, 3.8) is 0 Å². The minimum absolute atomic E-state index is 0.250. The monoisotopic (exact) mass is 545 g/mol.